The van der Waals surface area contributed by atoms with Gasteiger partial charge in [0, 0.05) is 50.9 Å². The van der Waals surface area contributed by atoms with Crippen LogP contribution in [0.15, 0.2) is 17.1 Å². The van der Waals surface area contributed by atoms with Gasteiger partial charge in [0.15, 0.2) is 0 Å². The second-order valence-electron chi connectivity index (χ2n) is 7.67. The Bertz CT molecular complexity index is 887. The molecule has 1 aliphatic carbocycles. The minimum atomic E-state index is -0.162. The molecule has 0 radical (unpaired) electrons. The van der Waals surface area contributed by atoms with Crippen molar-refractivity contribution in [3.8, 4) is 0 Å². The van der Waals surface area contributed by atoms with Crippen LogP contribution in [0.4, 0.5) is 5.95 Å². The van der Waals surface area contributed by atoms with E-state index in [0.29, 0.717) is 29.3 Å². The fourth-order valence-corrected chi connectivity index (χ4v) is 3.83. The molecule has 2 aromatic rings. The van der Waals surface area contributed by atoms with Crippen LogP contribution in [-0.4, -0.2) is 52.9 Å². The monoisotopic (exact) mass is 355 g/mol. The van der Waals surface area contributed by atoms with Crippen LogP contribution in [0, 0.1) is 5.92 Å². The Morgan fingerprint density at radius 3 is 2.77 bits per heavy atom. The summed E-state index contributed by atoms with van der Waals surface area (Å²) in [5.41, 5.74) is 1.37. The summed E-state index contributed by atoms with van der Waals surface area (Å²) in [6.07, 6.45) is 6.73. The van der Waals surface area contributed by atoms with E-state index >= 15 is 0 Å². The Morgan fingerprint density at radius 1 is 1.27 bits per heavy atom. The van der Waals surface area contributed by atoms with Crippen molar-refractivity contribution < 1.29 is 4.79 Å². The molecular weight excluding hydrogens is 330 g/mol. The minimum Gasteiger partial charge on any atom is -0.347 e. The van der Waals surface area contributed by atoms with Crippen molar-refractivity contribution >= 4 is 22.8 Å². The number of nitrogens with zero attached hydrogens (tertiary/aromatic N) is 4. The molecular formula is C19H25N5O2. The fourth-order valence-electron chi connectivity index (χ4n) is 3.83. The van der Waals surface area contributed by atoms with Crippen LogP contribution < -0.4 is 10.5 Å². The molecule has 26 heavy (non-hydrogen) atoms. The van der Waals surface area contributed by atoms with Gasteiger partial charge >= 0.3 is 0 Å². The predicted octanol–water partition coefficient (Wildman–Crippen LogP) is 1.89. The molecule has 1 atom stereocenters. The lowest BCUT2D eigenvalue weighted by Crippen LogP contribution is -2.44. The zero-order chi connectivity index (χ0) is 18.3. The summed E-state index contributed by atoms with van der Waals surface area (Å²) in [5.74, 6) is 1.25. The smallest absolute Gasteiger partial charge is 0.259 e. The van der Waals surface area contributed by atoms with Crippen LogP contribution >= 0.6 is 0 Å². The topological polar surface area (TPSA) is 82.2 Å². The summed E-state index contributed by atoms with van der Waals surface area (Å²) < 4.78 is 0. The van der Waals surface area contributed by atoms with Crippen molar-refractivity contribution in [2.75, 3.05) is 32.1 Å². The van der Waals surface area contributed by atoms with Crippen molar-refractivity contribution in [1.29, 1.82) is 0 Å². The number of aromatic nitrogens is 3. The Kier molecular flexibility index (Phi) is 4.38. The van der Waals surface area contributed by atoms with Gasteiger partial charge in [-0.3, -0.25) is 9.59 Å². The van der Waals surface area contributed by atoms with Crippen molar-refractivity contribution in [2.45, 2.75) is 38.0 Å². The molecule has 1 amide bonds. The second-order valence-corrected chi connectivity index (χ2v) is 7.67. The highest BCUT2D eigenvalue weighted by atomic mass is 16.2. The normalized spacial score (nSPS) is 20.8. The number of amides is 1. The number of rotatable bonds is 3. The number of hydrogen-bond acceptors (Lipinski definition) is 5. The minimum absolute atomic E-state index is 0.155. The third-order valence-corrected chi connectivity index (χ3v) is 5.63. The van der Waals surface area contributed by atoms with Gasteiger partial charge in [0.2, 0.25) is 11.9 Å². The Balaban J connectivity index is 1.62. The number of carbonyl (C=O) groups excluding carboxylic acids is 1. The number of piperidine rings is 1. The van der Waals surface area contributed by atoms with Crippen molar-refractivity contribution in [3.63, 3.8) is 0 Å². The number of H-pyrrole nitrogens is 1. The van der Waals surface area contributed by atoms with Crippen LogP contribution in [0.3, 0.4) is 0 Å². The first-order chi connectivity index (χ1) is 12.5. The van der Waals surface area contributed by atoms with Gasteiger partial charge < -0.3 is 14.8 Å². The third-order valence-electron chi connectivity index (χ3n) is 5.63. The van der Waals surface area contributed by atoms with Crippen molar-refractivity contribution in [1.82, 2.24) is 19.9 Å². The molecule has 138 valence electrons. The molecule has 4 rings (SSSR count). The molecule has 2 aromatic heterocycles. The van der Waals surface area contributed by atoms with Crippen LogP contribution in [0.25, 0.3) is 10.9 Å². The molecule has 1 N–H and O–H groups in total. The van der Waals surface area contributed by atoms with Gasteiger partial charge in [-0.1, -0.05) is 6.42 Å². The standard InChI is InChI=1S/C19H25N5O2/c1-23(2)19-20-10-14-16(22-19)9-15(21-17(14)25)13-7-4-8-24(11-13)18(26)12-5-3-6-12/h9-10,12-13H,3-8,11H2,1-2H3,(H,21,25). The number of likely N-dealkylation sites (tertiary alicyclic amines) is 1. The van der Waals surface area contributed by atoms with E-state index in [9.17, 15) is 9.59 Å². The summed E-state index contributed by atoms with van der Waals surface area (Å²) in [6.45, 7) is 1.51. The van der Waals surface area contributed by atoms with E-state index in [1.165, 1.54) is 6.42 Å². The van der Waals surface area contributed by atoms with E-state index in [2.05, 4.69) is 15.0 Å². The molecule has 1 saturated heterocycles. The quantitative estimate of drug-likeness (QED) is 0.909. The Morgan fingerprint density at radius 2 is 2.08 bits per heavy atom. The first kappa shape index (κ1) is 17.0. The maximum absolute atomic E-state index is 12.6. The summed E-state index contributed by atoms with van der Waals surface area (Å²) in [7, 11) is 3.75. The molecule has 2 fully saturated rings. The highest BCUT2D eigenvalue weighted by Crippen LogP contribution is 2.32. The zero-order valence-electron chi connectivity index (χ0n) is 15.4. The third kappa shape index (κ3) is 3.06. The van der Waals surface area contributed by atoms with Crippen LogP contribution in [0.1, 0.15) is 43.7 Å². The molecule has 0 bridgehead atoms. The average Bonchev–Trinajstić information content (AvgIpc) is 2.59. The largest absolute Gasteiger partial charge is 0.347 e. The number of nitrogens with one attached hydrogen (secondary N) is 1. The average molecular weight is 355 g/mol. The van der Waals surface area contributed by atoms with Gasteiger partial charge in [-0.15, -0.1) is 0 Å². The highest BCUT2D eigenvalue weighted by Gasteiger charge is 2.32. The van der Waals surface area contributed by atoms with Crippen molar-refractivity contribution in [3.05, 3.63) is 28.3 Å². The fraction of sp³-hybridized carbons (Fsp3) is 0.579. The number of aromatic amines is 1. The molecule has 0 aromatic carbocycles. The lowest BCUT2D eigenvalue weighted by atomic mass is 9.83. The molecule has 3 heterocycles. The van der Waals surface area contributed by atoms with Gasteiger partial charge in [0.25, 0.3) is 5.56 Å². The van der Waals surface area contributed by atoms with E-state index < -0.39 is 0 Å². The number of anilines is 1. The predicted molar refractivity (Wildman–Crippen MR) is 100 cm³/mol. The number of pyridine rings is 1. The van der Waals surface area contributed by atoms with Gasteiger partial charge in [-0.05, 0) is 31.7 Å². The van der Waals surface area contributed by atoms with Crippen LogP contribution in [0.2, 0.25) is 0 Å². The summed E-state index contributed by atoms with van der Waals surface area (Å²) in [4.78, 5) is 40.6. The number of carbonyl (C=O) groups is 1. The maximum Gasteiger partial charge on any atom is 0.259 e. The number of fused-ring (bicyclic) bond motifs is 1. The van der Waals surface area contributed by atoms with E-state index in [-0.39, 0.29) is 17.4 Å². The second kappa shape index (κ2) is 6.70. The maximum atomic E-state index is 12.6. The van der Waals surface area contributed by atoms with Gasteiger partial charge in [0.1, 0.15) is 0 Å². The molecule has 1 aliphatic heterocycles. The Hall–Kier alpha value is -2.44. The van der Waals surface area contributed by atoms with Crippen LogP contribution in [-0.2, 0) is 4.79 Å². The molecule has 1 unspecified atom stereocenters. The van der Waals surface area contributed by atoms with E-state index in [1.807, 2.05) is 30.0 Å². The molecule has 7 heteroatoms. The zero-order valence-corrected chi connectivity index (χ0v) is 15.4. The van der Waals surface area contributed by atoms with Crippen LogP contribution in [0.5, 0.6) is 0 Å². The summed E-state index contributed by atoms with van der Waals surface area (Å²) >= 11 is 0. The lowest BCUT2D eigenvalue weighted by molar-refractivity contribution is -0.139. The Labute approximate surface area is 152 Å². The van der Waals surface area contributed by atoms with Gasteiger partial charge in [-0.2, -0.15) is 0 Å². The molecule has 0 spiro atoms. The summed E-state index contributed by atoms with van der Waals surface area (Å²) in [5, 5.41) is 0.498. The lowest BCUT2D eigenvalue weighted by Gasteiger charge is -2.37. The number of hydrogen-bond donors (Lipinski definition) is 1. The van der Waals surface area contributed by atoms with E-state index in [0.717, 1.165) is 37.9 Å². The molecule has 7 nitrogen and oxygen atoms in total. The molecule has 1 saturated carbocycles. The molecule has 2 aliphatic rings. The highest BCUT2D eigenvalue weighted by molar-refractivity contribution is 5.80. The van der Waals surface area contributed by atoms with E-state index in [1.54, 1.807) is 6.20 Å². The first-order valence-corrected chi connectivity index (χ1v) is 9.39. The van der Waals surface area contributed by atoms with Gasteiger partial charge in [0.05, 0.1) is 10.9 Å². The summed E-state index contributed by atoms with van der Waals surface area (Å²) in [6, 6.07) is 1.95. The SMILES string of the molecule is CN(C)c1ncc2c(=O)[nH]c(C3CCCN(C(=O)C4CCC4)C3)cc2n1. The van der Waals surface area contributed by atoms with Crippen molar-refractivity contribution in [2.24, 2.45) is 5.92 Å². The first-order valence-electron chi connectivity index (χ1n) is 9.39. The van der Waals surface area contributed by atoms with E-state index in [4.69, 9.17) is 0 Å². The van der Waals surface area contributed by atoms with Gasteiger partial charge in [-0.25, -0.2) is 9.97 Å².